The Morgan fingerprint density at radius 2 is 2.00 bits per heavy atom. The number of hydrogen-bond donors (Lipinski definition) is 3. The number of amides is 1. The van der Waals surface area contributed by atoms with E-state index in [1.54, 1.807) is 12.1 Å². The second-order valence-electron chi connectivity index (χ2n) is 5.31. The Labute approximate surface area is 123 Å². The molecule has 0 unspecified atom stereocenters. The molecular weight excluding hydrogens is 294 g/mol. The summed E-state index contributed by atoms with van der Waals surface area (Å²) in [6.07, 6.45) is 0. The summed E-state index contributed by atoms with van der Waals surface area (Å²) >= 11 is 0. The van der Waals surface area contributed by atoms with Crippen LogP contribution >= 0.6 is 0 Å². The quantitative estimate of drug-likeness (QED) is 0.645. The van der Waals surface area contributed by atoms with Crippen molar-refractivity contribution >= 4 is 15.9 Å². The molecule has 116 valence electrons. The van der Waals surface area contributed by atoms with Gasteiger partial charge in [-0.3, -0.25) is 4.79 Å². The van der Waals surface area contributed by atoms with Gasteiger partial charge in [0.05, 0.1) is 10.5 Å². The number of nitrogens with two attached hydrogens (primary N) is 1. The SMILES string of the molecule is CC1(OCC(=O)NCc2ccc(S(N)(=O)=O)cc2)CNC1. The van der Waals surface area contributed by atoms with Crippen LogP contribution in [0.1, 0.15) is 12.5 Å². The molecule has 0 spiro atoms. The standard InChI is InChI=1S/C13H19N3O4S/c1-13(8-15-9-13)20-7-12(17)16-6-10-2-4-11(5-3-10)21(14,18)19/h2-5,15H,6-9H2,1H3,(H,16,17)(H2,14,18,19). The largest absolute Gasteiger partial charge is 0.363 e. The summed E-state index contributed by atoms with van der Waals surface area (Å²) in [5, 5.41) is 10.8. The molecule has 0 aromatic heterocycles. The van der Waals surface area contributed by atoms with Crippen molar-refractivity contribution in [1.82, 2.24) is 10.6 Å². The topological polar surface area (TPSA) is 111 Å². The average molecular weight is 313 g/mol. The van der Waals surface area contributed by atoms with Crippen LogP contribution in [-0.2, 0) is 26.1 Å². The predicted molar refractivity (Wildman–Crippen MR) is 76.9 cm³/mol. The number of carbonyl (C=O) groups excluding carboxylic acids is 1. The van der Waals surface area contributed by atoms with Gasteiger partial charge in [0.2, 0.25) is 15.9 Å². The Hall–Kier alpha value is -1.48. The fourth-order valence-electron chi connectivity index (χ4n) is 1.87. The Morgan fingerprint density at radius 3 is 2.48 bits per heavy atom. The molecule has 4 N–H and O–H groups in total. The van der Waals surface area contributed by atoms with Crippen molar-refractivity contribution in [3.63, 3.8) is 0 Å². The van der Waals surface area contributed by atoms with Crippen molar-refractivity contribution in [2.75, 3.05) is 19.7 Å². The van der Waals surface area contributed by atoms with Gasteiger partial charge in [-0.05, 0) is 24.6 Å². The van der Waals surface area contributed by atoms with E-state index in [2.05, 4.69) is 10.6 Å². The molecule has 0 radical (unpaired) electrons. The van der Waals surface area contributed by atoms with E-state index in [-0.39, 0.29) is 23.0 Å². The molecule has 1 amide bonds. The third-order valence-corrected chi connectivity index (χ3v) is 4.22. The molecule has 8 heteroatoms. The lowest BCUT2D eigenvalue weighted by Crippen LogP contribution is -2.59. The van der Waals surface area contributed by atoms with Gasteiger partial charge < -0.3 is 15.4 Å². The van der Waals surface area contributed by atoms with Gasteiger partial charge in [0, 0.05) is 19.6 Å². The Bertz CT molecular complexity index is 609. The number of primary sulfonamides is 1. The monoisotopic (exact) mass is 313 g/mol. The summed E-state index contributed by atoms with van der Waals surface area (Å²) in [5.41, 5.74) is 0.529. The van der Waals surface area contributed by atoms with E-state index in [1.165, 1.54) is 12.1 Å². The number of carbonyl (C=O) groups is 1. The van der Waals surface area contributed by atoms with Crippen LogP contribution < -0.4 is 15.8 Å². The summed E-state index contributed by atoms with van der Waals surface area (Å²) in [6, 6.07) is 6.04. The summed E-state index contributed by atoms with van der Waals surface area (Å²) in [5.74, 6) is -0.210. The molecule has 1 aromatic rings. The predicted octanol–water partition coefficient (Wildman–Crippen LogP) is -0.671. The van der Waals surface area contributed by atoms with Crippen LogP contribution in [-0.4, -0.2) is 39.6 Å². The van der Waals surface area contributed by atoms with Crippen LogP contribution in [0.15, 0.2) is 29.2 Å². The van der Waals surface area contributed by atoms with E-state index >= 15 is 0 Å². The van der Waals surface area contributed by atoms with Crippen molar-refractivity contribution < 1.29 is 17.9 Å². The van der Waals surface area contributed by atoms with Crippen LogP contribution in [0, 0.1) is 0 Å². The zero-order valence-electron chi connectivity index (χ0n) is 11.8. The number of rotatable bonds is 6. The molecular formula is C13H19N3O4S. The van der Waals surface area contributed by atoms with Gasteiger partial charge in [0.15, 0.2) is 0 Å². The van der Waals surface area contributed by atoms with Crippen LogP contribution in [0.5, 0.6) is 0 Å². The Morgan fingerprint density at radius 1 is 1.38 bits per heavy atom. The smallest absolute Gasteiger partial charge is 0.246 e. The van der Waals surface area contributed by atoms with E-state index in [4.69, 9.17) is 9.88 Å². The lowest BCUT2D eigenvalue weighted by Gasteiger charge is -2.38. The highest BCUT2D eigenvalue weighted by Crippen LogP contribution is 2.14. The number of ether oxygens (including phenoxy) is 1. The first-order valence-corrected chi connectivity index (χ1v) is 8.06. The molecule has 0 aliphatic carbocycles. The molecule has 1 aromatic carbocycles. The highest BCUT2D eigenvalue weighted by molar-refractivity contribution is 7.89. The van der Waals surface area contributed by atoms with Gasteiger partial charge >= 0.3 is 0 Å². The fourth-order valence-corrected chi connectivity index (χ4v) is 2.38. The molecule has 0 bridgehead atoms. The van der Waals surface area contributed by atoms with Gasteiger partial charge in [-0.25, -0.2) is 13.6 Å². The zero-order valence-corrected chi connectivity index (χ0v) is 12.6. The minimum absolute atomic E-state index is 0.00738. The minimum atomic E-state index is -3.69. The number of sulfonamides is 1. The zero-order chi connectivity index (χ0) is 15.5. The molecule has 1 fully saturated rings. The second kappa shape index (κ2) is 6.10. The Kier molecular flexibility index (Phi) is 4.62. The van der Waals surface area contributed by atoms with E-state index < -0.39 is 10.0 Å². The first kappa shape index (κ1) is 15.9. The van der Waals surface area contributed by atoms with Crippen molar-refractivity contribution in [2.45, 2.75) is 24.0 Å². The third-order valence-electron chi connectivity index (χ3n) is 3.29. The van der Waals surface area contributed by atoms with E-state index in [0.717, 1.165) is 18.7 Å². The molecule has 0 saturated carbocycles. The van der Waals surface area contributed by atoms with E-state index in [0.29, 0.717) is 6.54 Å². The molecule has 2 rings (SSSR count). The molecule has 21 heavy (non-hydrogen) atoms. The molecule has 1 aliphatic rings. The molecule has 1 heterocycles. The second-order valence-corrected chi connectivity index (χ2v) is 6.87. The van der Waals surface area contributed by atoms with Crippen molar-refractivity contribution in [1.29, 1.82) is 0 Å². The maximum absolute atomic E-state index is 11.7. The highest BCUT2D eigenvalue weighted by atomic mass is 32.2. The first-order valence-electron chi connectivity index (χ1n) is 6.52. The van der Waals surface area contributed by atoms with Crippen molar-refractivity contribution in [3.05, 3.63) is 29.8 Å². The lowest BCUT2D eigenvalue weighted by atomic mass is 10.0. The highest BCUT2D eigenvalue weighted by Gasteiger charge is 2.32. The average Bonchev–Trinajstić information content (AvgIpc) is 2.40. The maximum Gasteiger partial charge on any atom is 0.246 e. The minimum Gasteiger partial charge on any atom is -0.363 e. The first-order chi connectivity index (χ1) is 9.78. The van der Waals surface area contributed by atoms with E-state index in [9.17, 15) is 13.2 Å². The fraction of sp³-hybridized carbons (Fsp3) is 0.462. The summed E-state index contributed by atoms with van der Waals surface area (Å²) in [4.78, 5) is 11.7. The van der Waals surface area contributed by atoms with Crippen LogP contribution in [0.4, 0.5) is 0 Å². The van der Waals surface area contributed by atoms with Gasteiger partial charge in [-0.15, -0.1) is 0 Å². The van der Waals surface area contributed by atoms with Gasteiger partial charge in [-0.1, -0.05) is 12.1 Å². The van der Waals surface area contributed by atoms with Crippen LogP contribution in [0.2, 0.25) is 0 Å². The number of hydrogen-bond acceptors (Lipinski definition) is 5. The van der Waals surface area contributed by atoms with Gasteiger partial charge in [0.25, 0.3) is 0 Å². The molecule has 7 nitrogen and oxygen atoms in total. The van der Waals surface area contributed by atoms with Gasteiger partial charge in [-0.2, -0.15) is 0 Å². The normalized spacial score (nSPS) is 17.0. The van der Waals surface area contributed by atoms with Crippen molar-refractivity contribution in [2.24, 2.45) is 5.14 Å². The molecule has 1 saturated heterocycles. The number of benzene rings is 1. The van der Waals surface area contributed by atoms with Crippen molar-refractivity contribution in [3.8, 4) is 0 Å². The Balaban J connectivity index is 1.78. The van der Waals surface area contributed by atoms with Gasteiger partial charge in [0.1, 0.15) is 6.61 Å². The van der Waals surface area contributed by atoms with Crippen LogP contribution in [0.3, 0.4) is 0 Å². The number of nitrogens with one attached hydrogen (secondary N) is 2. The van der Waals surface area contributed by atoms with Crippen LogP contribution in [0.25, 0.3) is 0 Å². The van der Waals surface area contributed by atoms with E-state index in [1.807, 2.05) is 6.92 Å². The maximum atomic E-state index is 11.7. The summed E-state index contributed by atoms with van der Waals surface area (Å²) in [7, 11) is -3.69. The lowest BCUT2D eigenvalue weighted by molar-refractivity contribution is -0.136. The summed E-state index contributed by atoms with van der Waals surface area (Å²) in [6.45, 7) is 3.75. The summed E-state index contributed by atoms with van der Waals surface area (Å²) < 4.78 is 27.7. The molecule has 1 aliphatic heterocycles. The molecule has 0 atom stereocenters. The third kappa shape index (κ3) is 4.50.